The van der Waals surface area contributed by atoms with E-state index in [2.05, 4.69) is 64.9 Å². The average molecular weight is 799 g/mol. The van der Waals surface area contributed by atoms with E-state index in [0.717, 1.165) is 69.7 Å². The van der Waals surface area contributed by atoms with Crippen LogP contribution in [0.4, 0.5) is 11.9 Å². The minimum absolute atomic E-state index is 0.105. The predicted molar refractivity (Wildman–Crippen MR) is 220 cm³/mol. The van der Waals surface area contributed by atoms with Gasteiger partial charge in [-0.15, -0.1) is 0 Å². The summed E-state index contributed by atoms with van der Waals surface area (Å²) in [4.78, 5) is 38.6. The Kier molecular flexibility index (Phi) is 15.9. The summed E-state index contributed by atoms with van der Waals surface area (Å²) in [6.45, 7) is 8.50. The monoisotopic (exact) mass is 798 g/mol. The van der Waals surface area contributed by atoms with E-state index in [9.17, 15) is 14.7 Å². The fraction of sp³-hybridized carbons (Fsp3) is 0.524. The molecule has 0 amide bonds. The fourth-order valence-electron chi connectivity index (χ4n) is 7.19. The van der Waals surface area contributed by atoms with Gasteiger partial charge in [-0.3, -0.25) is 9.80 Å². The maximum absolute atomic E-state index is 13.1. The van der Waals surface area contributed by atoms with Crippen molar-refractivity contribution in [2.45, 2.75) is 77.5 Å². The zero-order valence-electron chi connectivity index (χ0n) is 33.9. The molecule has 0 aliphatic carbocycles. The summed E-state index contributed by atoms with van der Waals surface area (Å²) >= 11 is 0. The van der Waals surface area contributed by atoms with Gasteiger partial charge in [-0.1, -0.05) is 37.1 Å². The number of rotatable bonds is 22. The molecule has 4 aromatic rings. The van der Waals surface area contributed by atoms with E-state index in [1.54, 1.807) is 23.5 Å². The highest BCUT2D eigenvalue weighted by Crippen LogP contribution is 2.20. The van der Waals surface area contributed by atoms with Crippen molar-refractivity contribution in [3.8, 4) is 11.5 Å². The van der Waals surface area contributed by atoms with Gasteiger partial charge >= 0.3 is 11.9 Å². The zero-order chi connectivity index (χ0) is 40.5. The van der Waals surface area contributed by atoms with Gasteiger partial charge in [-0.25, -0.2) is 19.0 Å². The van der Waals surface area contributed by atoms with E-state index >= 15 is 0 Å². The Morgan fingerprint density at radius 3 is 1.74 bits per heavy atom. The average Bonchev–Trinajstić information content (AvgIpc) is 3.76. The molecule has 0 saturated carbocycles. The van der Waals surface area contributed by atoms with Crippen LogP contribution in [0.15, 0.2) is 60.2 Å². The predicted octanol–water partition coefficient (Wildman–Crippen LogP) is 4.97. The number of likely N-dealkylation sites (tertiary alicyclic amines) is 2. The molecule has 0 bridgehead atoms. The first kappa shape index (κ1) is 42.1. The molecule has 6 rings (SSSR count). The molecule has 4 heterocycles. The van der Waals surface area contributed by atoms with Crippen LogP contribution >= 0.6 is 0 Å². The lowest BCUT2D eigenvalue weighted by Crippen LogP contribution is -2.29. The van der Waals surface area contributed by atoms with Gasteiger partial charge < -0.3 is 30.0 Å². The molecule has 2 saturated heterocycles. The maximum Gasteiger partial charge on any atom is 0.335 e. The lowest BCUT2D eigenvalue weighted by Gasteiger charge is -2.26. The van der Waals surface area contributed by atoms with Gasteiger partial charge in [-0.2, -0.15) is 20.2 Å². The second-order valence-electron chi connectivity index (χ2n) is 14.9. The SMILES string of the molecule is Cn1nc(COC(=O)C(=CC(=O)O)Cc2nc(NCCCOc3cccc(CN4CCCCC4)c3)n(C)n2)nc1NCCCOc1cccc(CN2CCCCC2)c1. The molecule has 0 unspecified atom stereocenters. The molecule has 2 fully saturated rings. The fourth-order valence-corrected chi connectivity index (χ4v) is 7.19. The van der Waals surface area contributed by atoms with Gasteiger partial charge in [0.05, 0.1) is 18.8 Å². The Hall–Kier alpha value is -5.48. The molecule has 0 spiro atoms. The number of nitrogens with one attached hydrogen (secondary N) is 2. The molecule has 16 nitrogen and oxygen atoms in total. The molecule has 2 aromatic heterocycles. The Labute approximate surface area is 340 Å². The van der Waals surface area contributed by atoms with Crippen molar-refractivity contribution >= 4 is 23.8 Å². The molecule has 2 aliphatic rings. The number of aromatic nitrogens is 6. The topological polar surface area (TPSA) is 174 Å². The molecule has 312 valence electrons. The first-order valence-corrected chi connectivity index (χ1v) is 20.5. The number of carboxylic acid groups (broad SMARTS) is 1. The molecule has 0 atom stereocenters. The van der Waals surface area contributed by atoms with Crippen LogP contribution in [0.5, 0.6) is 11.5 Å². The molecule has 58 heavy (non-hydrogen) atoms. The Morgan fingerprint density at radius 1 is 0.724 bits per heavy atom. The van der Waals surface area contributed by atoms with Crippen molar-refractivity contribution in [1.29, 1.82) is 0 Å². The molecular formula is C42H58N10O6. The van der Waals surface area contributed by atoms with Gasteiger partial charge in [0.15, 0.2) is 18.3 Å². The summed E-state index contributed by atoms with van der Waals surface area (Å²) in [6.07, 6.45) is 9.84. The van der Waals surface area contributed by atoms with Crippen molar-refractivity contribution in [2.24, 2.45) is 14.1 Å². The molecule has 0 radical (unpaired) electrons. The number of esters is 1. The summed E-state index contributed by atoms with van der Waals surface area (Å²) in [6, 6.07) is 16.6. The molecule has 2 aliphatic heterocycles. The number of carboxylic acids is 1. The van der Waals surface area contributed by atoms with E-state index in [1.165, 1.54) is 49.7 Å². The van der Waals surface area contributed by atoms with Crippen LogP contribution in [0.3, 0.4) is 0 Å². The number of hydrogen-bond acceptors (Lipinski definition) is 13. The maximum atomic E-state index is 13.1. The largest absolute Gasteiger partial charge is 0.494 e. The zero-order valence-corrected chi connectivity index (χ0v) is 33.9. The van der Waals surface area contributed by atoms with Crippen molar-refractivity contribution < 1.29 is 28.9 Å². The normalized spacial score (nSPS) is 15.2. The minimum atomic E-state index is -1.28. The number of aliphatic carboxylic acids is 1. The third-order valence-corrected chi connectivity index (χ3v) is 10.1. The van der Waals surface area contributed by atoms with Gasteiger partial charge in [0.2, 0.25) is 11.9 Å². The van der Waals surface area contributed by atoms with E-state index in [0.29, 0.717) is 38.2 Å². The quantitative estimate of drug-likeness (QED) is 0.0552. The summed E-state index contributed by atoms with van der Waals surface area (Å²) in [5.74, 6) is 1.16. The van der Waals surface area contributed by atoms with Crippen LogP contribution in [-0.4, -0.2) is 109 Å². The Bertz CT molecular complexity index is 1950. The third kappa shape index (κ3) is 13.6. The van der Waals surface area contributed by atoms with E-state index in [4.69, 9.17) is 14.2 Å². The summed E-state index contributed by atoms with van der Waals surface area (Å²) < 4.78 is 20.6. The highest BCUT2D eigenvalue weighted by Gasteiger charge is 2.19. The summed E-state index contributed by atoms with van der Waals surface area (Å²) in [5, 5.41) is 24.7. The van der Waals surface area contributed by atoms with Gasteiger partial charge in [0.1, 0.15) is 11.5 Å². The number of hydrogen-bond donors (Lipinski definition) is 3. The van der Waals surface area contributed by atoms with Crippen LogP contribution in [-0.2, 0) is 54.5 Å². The van der Waals surface area contributed by atoms with Crippen LogP contribution in [0.2, 0.25) is 0 Å². The highest BCUT2D eigenvalue weighted by molar-refractivity contribution is 5.96. The molecule has 16 heteroatoms. The van der Waals surface area contributed by atoms with Crippen LogP contribution in [0.1, 0.15) is 74.1 Å². The molecular weight excluding hydrogens is 741 g/mol. The summed E-state index contributed by atoms with van der Waals surface area (Å²) in [7, 11) is 3.46. The lowest BCUT2D eigenvalue weighted by atomic mass is 10.1. The summed E-state index contributed by atoms with van der Waals surface area (Å²) in [5.41, 5.74) is 2.42. The first-order chi connectivity index (χ1) is 28.3. The van der Waals surface area contributed by atoms with E-state index < -0.39 is 11.9 Å². The number of ether oxygens (including phenoxy) is 3. The van der Waals surface area contributed by atoms with Crippen LogP contribution < -0.4 is 20.1 Å². The molecule has 2 aromatic carbocycles. The van der Waals surface area contributed by atoms with Crippen molar-refractivity contribution in [1.82, 2.24) is 39.3 Å². The van der Waals surface area contributed by atoms with Gasteiger partial charge in [0.25, 0.3) is 0 Å². The minimum Gasteiger partial charge on any atom is -0.494 e. The van der Waals surface area contributed by atoms with Crippen molar-refractivity contribution in [3.05, 3.63) is 83.0 Å². The lowest BCUT2D eigenvalue weighted by molar-refractivity contribution is -0.141. The number of anilines is 2. The highest BCUT2D eigenvalue weighted by atomic mass is 16.5. The smallest absolute Gasteiger partial charge is 0.335 e. The number of piperidine rings is 2. The standard InChI is InChI=1S/C42H58N10O6/c1-49-41(43-17-11-23-56-35-15-9-13-32(25-35)29-51-19-5-3-6-20-51)45-37(47-49)27-34(28-39(53)54)40(55)58-31-38-46-42(50(2)48-38)44-18-12-24-57-36-16-10-14-33(26-36)30-52-21-7-4-8-22-52/h9-10,13-16,25-26,28H,3-8,11-12,17-24,27,29-31H2,1-2H3,(H,53,54)(H,43,45,47)(H,44,46,48). The van der Waals surface area contributed by atoms with Gasteiger partial charge in [0, 0.05) is 52.8 Å². The number of nitrogens with zero attached hydrogens (tertiary/aromatic N) is 8. The number of benzene rings is 2. The van der Waals surface area contributed by atoms with E-state index in [1.807, 2.05) is 24.3 Å². The Morgan fingerprint density at radius 2 is 1.22 bits per heavy atom. The number of aryl methyl sites for hydroxylation is 2. The number of carbonyl (C=O) groups is 2. The molecule has 3 N–H and O–H groups in total. The number of carbonyl (C=O) groups excluding carboxylic acids is 1. The van der Waals surface area contributed by atoms with Crippen molar-refractivity contribution in [2.75, 3.05) is 63.1 Å². The van der Waals surface area contributed by atoms with Crippen molar-refractivity contribution in [3.63, 3.8) is 0 Å². The van der Waals surface area contributed by atoms with Crippen LogP contribution in [0.25, 0.3) is 0 Å². The van der Waals surface area contributed by atoms with Gasteiger partial charge in [-0.05, 0) is 100 Å². The third-order valence-electron chi connectivity index (χ3n) is 10.1. The van der Waals surface area contributed by atoms with E-state index in [-0.39, 0.29) is 30.2 Å². The second-order valence-corrected chi connectivity index (χ2v) is 14.9. The Balaban J connectivity index is 0.897. The first-order valence-electron chi connectivity index (χ1n) is 20.5. The second kappa shape index (κ2) is 21.9. The van der Waals surface area contributed by atoms with Crippen LogP contribution in [0, 0.1) is 0 Å².